The van der Waals surface area contributed by atoms with Crippen LogP contribution in [-0.2, 0) is 4.74 Å². The third kappa shape index (κ3) is 2.50. The van der Waals surface area contributed by atoms with Gasteiger partial charge in [-0.25, -0.2) is 14.3 Å². The van der Waals surface area contributed by atoms with Crippen molar-refractivity contribution in [3.05, 3.63) is 69.9 Å². The number of methoxy groups -OCH3 is 1. The number of ether oxygens (including phenoxy) is 1. The summed E-state index contributed by atoms with van der Waals surface area (Å²) in [6.07, 6.45) is 0. The Morgan fingerprint density at radius 3 is 2.59 bits per heavy atom. The molecule has 0 bridgehead atoms. The van der Waals surface area contributed by atoms with Crippen molar-refractivity contribution in [2.75, 3.05) is 7.11 Å². The van der Waals surface area contributed by atoms with Crippen molar-refractivity contribution in [3.63, 3.8) is 0 Å². The topological polar surface area (TPSA) is 99.6 Å². The molecular formula is C19H14N4O4. The van der Waals surface area contributed by atoms with Gasteiger partial charge in [0.05, 0.1) is 34.5 Å². The number of esters is 1. The summed E-state index contributed by atoms with van der Waals surface area (Å²) < 4.78 is 6.48. The molecule has 4 rings (SSSR count). The highest BCUT2D eigenvalue weighted by Gasteiger charge is 2.27. The predicted molar refractivity (Wildman–Crippen MR) is 98.7 cm³/mol. The predicted octanol–water partition coefficient (Wildman–Crippen LogP) is 3.55. The maximum absolute atomic E-state index is 12.5. The Morgan fingerprint density at radius 1 is 1.15 bits per heavy atom. The highest BCUT2D eigenvalue weighted by atomic mass is 16.6. The van der Waals surface area contributed by atoms with E-state index in [2.05, 4.69) is 10.1 Å². The minimum Gasteiger partial charge on any atom is -0.465 e. The van der Waals surface area contributed by atoms with Gasteiger partial charge in [0, 0.05) is 11.5 Å². The van der Waals surface area contributed by atoms with Gasteiger partial charge in [-0.2, -0.15) is 5.10 Å². The van der Waals surface area contributed by atoms with Crippen molar-refractivity contribution in [2.45, 2.75) is 6.92 Å². The van der Waals surface area contributed by atoms with E-state index in [1.165, 1.54) is 13.2 Å². The molecule has 0 aliphatic heterocycles. The van der Waals surface area contributed by atoms with E-state index >= 15 is 0 Å². The Kier molecular flexibility index (Phi) is 3.80. The number of hydrogen-bond acceptors (Lipinski definition) is 6. The summed E-state index contributed by atoms with van der Waals surface area (Å²) in [5.41, 5.74) is 2.18. The van der Waals surface area contributed by atoms with E-state index in [9.17, 15) is 14.9 Å². The summed E-state index contributed by atoms with van der Waals surface area (Å²) in [5.74, 6) is -0.630. The lowest BCUT2D eigenvalue weighted by Gasteiger charge is -2.12. The number of nitro groups is 1. The molecule has 0 fully saturated rings. The Hall–Kier alpha value is -3.81. The number of para-hydroxylation sites is 1. The van der Waals surface area contributed by atoms with E-state index in [0.717, 1.165) is 5.39 Å². The highest BCUT2D eigenvalue weighted by molar-refractivity contribution is 6.01. The Balaban J connectivity index is 2.17. The van der Waals surface area contributed by atoms with Crippen molar-refractivity contribution >= 4 is 28.2 Å². The highest BCUT2D eigenvalue weighted by Crippen LogP contribution is 2.34. The number of carbonyl (C=O) groups is 1. The summed E-state index contributed by atoms with van der Waals surface area (Å²) >= 11 is 0. The van der Waals surface area contributed by atoms with Crippen molar-refractivity contribution in [1.82, 2.24) is 14.6 Å². The SMILES string of the molecule is COC(=O)c1c(-c2ccccc2[N+](=O)[O-])nc2c3ccccc3nn2c1C. The van der Waals surface area contributed by atoms with Crippen LogP contribution in [0.1, 0.15) is 16.1 Å². The smallest absolute Gasteiger partial charge is 0.341 e. The van der Waals surface area contributed by atoms with Gasteiger partial charge in [0.25, 0.3) is 5.69 Å². The van der Waals surface area contributed by atoms with Crippen LogP contribution in [0.5, 0.6) is 0 Å². The Bertz CT molecular complexity index is 1230. The van der Waals surface area contributed by atoms with Gasteiger partial charge in [0.1, 0.15) is 5.56 Å². The number of nitro benzene ring substituents is 1. The fraction of sp³-hybridized carbons (Fsp3) is 0.105. The number of benzene rings is 2. The zero-order valence-electron chi connectivity index (χ0n) is 14.5. The van der Waals surface area contributed by atoms with Crippen molar-refractivity contribution in [1.29, 1.82) is 0 Å². The number of aryl methyl sites for hydroxylation is 1. The number of carbonyl (C=O) groups excluding carboxylic acids is 1. The van der Waals surface area contributed by atoms with Crippen LogP contribution < -0.4 is 0 Å². The van der Waals surface area contributed by atoms with E-state index in [1.807, 2.05) is 24.3 Å². The second kappa shape index (κ2) is 6.17. The molecule has 0 saturated heterocycles. The largest absolute Gasteiger partial charge is 0.465 e. The minimum atomic E-state index is -0.630. The van der Waals surface area contributed by atoms with E-state index in [1.54, 1.807) is 29.6 Å². The first-order chi connectivity index (χ1) is 13.0. The fourth-order valence-electron chi connectivity index (χ4n) is 3.17. The first-order valence-corrected chi connectivity index (χ1v) is 8.13. The zero-order chi connectivity index (χ0) is 19.1. The van der Waals surface area contributed by atoms with Crippen molar-refractivity contribution < 1.29 is 14.5 Å². The molecule has 0 unspecified atom stereocenters. The molecule has 27 heavy (non-hydrogen) atoms. The maximum atomic E-state index is 12.5. The molecule has 134 valence electrons. The maximum Gasteiger partial charge on any atom is 0.341 e. The summed E-state index contributed by atoms with van der Waals surface area (Å²) in [7, 11) is 1.26. The number of fused-ring (bicyclic) bond motifs is 3. The zero-order valence-corrected chi connectivity index (χ0v) is 14.5. The quantitative estimate of drug-likeness (QED) is 0.314. The van der Waals surface area contributed by atoms with Gasteiger partial charge in [-0.15, -0.1) is 0 Å². The first-order valence-electron chi connectivity index (χ1n) is 8.13. The monoisotopic (exact) mass is 362 g/mol. The van der Waals surface area contributed by atoms with Gasteiger partial charge in [-0.1, -0.05) is 24.3 Å². The molecule has 0 N–H and O–H groups in total. The van der Waals surface area contributed by atoms with Crippen LogP contribution in [0.4, 0.5) is 5.69 Å². The summed E-state index contributed by atoms with van der Waals surface area (Å²) in [4.78, 5) is 28.1. The number of nitrogens with zero attached hydrogens (tertiary/aromatic N) is 4. The third-order valence-electron chi connectivity index (χ3n) is 4.43. The van der Waals surface area contributed by atoms with Gasteiger partial charge >= 0.3 is 5.97 Å². The second-order valence-corrected chi connectivity index (χ2v) is 5.94. The van der Waals surface area contributed by atoms with Gasteiger partial charge < -0.3 is 4.74 Å². The van der Waals surface area contributed by atoms with Gasteiger partial charge in [-0.3, -0.25) is 10.1 Å². The van der Waals surface area contributed by atoms with Crippen LogP contribution in [0.15, 0.2) is 48.5 Å². The lowest BCUT2D eigenvalue weighted by Crippen LogP contribution is -2.13. The molecular weight excluding hydrogens is 348 g/mol. The van der Waals surface area contributed by atoms with E-state index in [-0.39, 0.29) is 22.5 Å². The average Bonchev–Trinajstić information content (AvgIpc) is 3.06. The standard InChI is InChI=1S/C19H14N4O4/c1-11-16(19(24)27-2)17(13-8-4-6-10-15(13)23(25)26)20-18-12-7-3-5-9-14(12)21-22(11)18/h3-10H,1-2H3. The molecule has 0 spiro atoms. The average molecular weight is 362 g/mol. The molecule has 2 aromatic heterocycles. The van der Waals surface area contributed by atoms with Crippen LogP contribution in [0, 0.1) is 17.0 Å². The van der Waals surface area contributed by atoms with Gasteiger partial charge in [0.2, 0.25) is 0 Å². The molecule has 0 aliphatic rings. The lowest BCUT2D eigenvalue weighted by molar-refractivity contribution is -0.384. The summed E-state index contributed by atoms with van der Waals surface area (Å²) in [6.45, 7) is 1.71. The van der Waals surface area contributed by atoms with Crippen LogP contribution in [-0.4, -0.2) is 32.6 Å². The first kappa shape index (κ1) is 16.6. The van der Waals surface area contributed by atoms with Crippen LogP contribution in [0.25, 0.3) is 27.8 Å². The van der Waals surface area contributed by atoms with Crippen LogP contribution in [0.3, 0.4) is 0 Å². The third-order valence-corrected chi connectivity index (χ3v) is 4.43. The summed E-state index contributed by atoms with van der Waals surface area (Å²) in [5, 5.41) is 16.8. The number of rotatable bonds is 3. The molecule has 0 radical (unpaired) electrons. The van der Waals surface area contributed by atoms with Gasteiger partial charge in [-0.05, 0) is 25.1 Å². The Morgan fingerprint density at radius 2 is 1.85 bits per heavy atom. The molecule has 0 atom stereocenters. The molecule has 0 aliphatic carbocycles. The second-order valence-electron chi connectivity index (χ2n) is 5.94. The van der Waals surface area contributed by atoms with Crippen LogP contribution >= 0.6 is 0 Å². The van der Waals surface area contributed by atoms with E-state index < -0.39 is 10.9 Å². The van der Waals surface area contributed by atoms with Crippen molar-refractivity contribution in [2.24, 2.45) is 0 Å². The van der Waals surface area contributed by atoms with E-state index in [4.69, 9.17) is 4.74 Å². The number of hydrogen-bond donors (Lipinski definition) is 0. The molecule has 2 heterocycles. The van der Waals surface area contributed by atoms with Crippen LogP contribution in [0.2, 0.25) is 0 Å². The lowest BCUT2D eigenvalue weighted by atomic mass is 10.0. The van der Waals surface area contributed by atoms with E-state index in [0.29, 0.717) is 16.9 Å². The summed E-state index contributed by atoms with van der Waals surface area (Å²) in [6, 6.07) is 13.6. The Labute approximate surface area is 153 Å². The van der Waals surface area contributed by atoms with Gasteiger partial charge in [0.15, 0.2) is 5.65 Å². The molecule has 4 aromatic rings. The van der Waals surface area contributed by atoms with Crippen molar-refractivity contribution in [3.8, 4) is 11.3 Å². The molecule has 0 amide bonds. The fourth-order valence-corrected chi connectivity index (χ4v) is 3.17. The number of aromatic nitrogens is 3. The molecule has 8 nitrogen and oxygen atoms in total. The molecule has 0 saturated carbocycles. The minimum absolute atomic E-state index is 0.136. The molecule has 8 heteroatoms. The molecule has 2 aromatic carbocycles. The normalized spacial score (nSPS) is 11.0.